The lowest BCUT2D eigenvalue weighted by atomic mass is 10.0. The van der Waals surface area contributed by atoms with Gasteiger partial charge in [0.1, 0.15) is 0 Å². The molecule has 5 heteroatoms. The second-order valence-electron chi connectivity index (χ2n) is 4.52. The van der Waals surface area contributed by atoms with Crippen LogP contribution in [0.4, 0.5) is 13.2 Å². The number of rotatable bonds is 4. The number of alkyl halides is 3. The molecule has 1 fully saturated rings. The van der Waals surface area contributed by atoms with E-state index in [0.29, 0.717) is 13.1 Å². The van der Waals surface area contributed by atoms with E-state index in [1.807, 2.05) is 0 Å². The average Bonchev–Trinajstić information content (AvgIpc) is 2.38. The van der Waals surface area contributed by atoms with E-state index in [2.05, 4.69) is 0 Å². The Morgan fingerprint density at radius 3 is 2.56 bits per heavy atom. The van der Waals surface area contributed by atoms with Crippen LogP contribution in [0.5, 0.6) is 0 Å². The molecule has 0 radical (unpaired) electrons. The van der Waals surface area contributed by atoms with Crippen LogP contribution in [0.3, 0.4) is 0 Å². The molecular formula is C11H21F3N2. The molecule has 1 rings (SSSR count). The number of nitrogens with zero attached hydrogens (tertiary/aromatic N) is 1. The summed E-state index contributed by atoms with van der Waals surface area (Å²) in [5, 5.41) is 0. The molecule has 2 N–H and O–H groups in total. The average molecular weight is 238 g/mol. The lowest BCUT2D eigenvalue weighted by Crippen LogP contribution is -2.41. The zero-order valence-corrected chi connectivity index (χ0v) is 9.60. The van der Waals surface area contributed by atoms with E-state index in [1.165, 1.54) is 0 Å². The predicted molar refractivity (Wildman–Crippen MR) is 58.2 cm³/mol. The number of hydrogen-bond acceptors (Lipinski definition) is 2. The van der Waals surface area contributed by atoms with Crippen molar-refractivity contribution >= 4 is 0 Å². The molecule has 1 saturated heterocycles. The van der Waals surface area contributed by atoms with Crippen LogP contribution in [0.1, 0.15) is 38.5 Å². The quantitative estimate of drug-likeness (QED) is 0.815. The third-order valence-corrected chi connectivity index (χ3v) is 3.12. The maximum absolute atomic E-state index is 12.4. The van der Waals surface area contributed by atoms with Gasteiger partial charge in [-0.15, -0.1) is 0 Å². The molecule has 0 aromatic carbocycles. The molecule has 0 aromatic rings. The first-order chi connectivity index (χ1) is 7.53. The Labute approximate surface area is 95.0 Å². The van der Waals surface area contributed by atoms with Gasteiger partial charge in [-0.3, -0.25) is 4.90 Å². The largest absolute Gasteiger partial charge is 0.401 e. The normalized spacial score (nSPS) is 24.4. The lowest BCUT2D eigenvalue weighted by molar-refractivity contribution is -0.151. The zero-order chi connectivity index (χ0) is 12.0. The molecule has 1 aliphatic heterocycles. The minimum Gasteiger partial charge on any atom is -0.330 e. The Hall–Kier alpha value is -0.290. The van der Waals surface area contributed by atoms with Crippen molar-refractivity contribution in [2.75, 3.05) is 19.6 Å². The minimum absolute atomic E-state index is 0.0766. The van der Waals surface area contributed by atoms with Gasteiger partial charge in [0.25, 0.3) is 0 Å². The van der Waals surface area contributed by atoms with Crippen molar-refractivity contribution in [3.05, 3.63) is 0 Å². The molecule has 16 heavy (non-hydrogen) atoms. The van der Waals surface area contributed by atoms with Crippen molar-refractivity contribution in [2.24, 2.45) is 5.73 Å². The zero-order valence-electron chi connectivity index (χ0n) is 9.60. The van der Waals surface area contributed by atoms with E-state index in [0.717, 1.165) is 38.5 Å². The molecule has 2 nitrogen and oxygen atoms in total. The Bertz CT molecular complexity index is 194. The molecule has 1 atom stereocenters. The third kappa shape index (κ3) is 5.16. The monoisotopic (exact) mass is 238 g/mol. The van der Waals surface area contributed by atoms with Crippen molar-refractivity contribution in [1.29, 1.82) is 0 Å². The standard InChI is InChI=1S/C11H21F3N2/c12-11(13,14)9-16-8-3-1-2-5-10(16)6-4-7-15/h10H,1-9,15H2. The summed E-state index contributed by atoms with van der Waals surface area (Å²) in [4.78, 5) is 1.60. The molecule has 0 aromatic heterocycles. The second-order valence-corrected chi connectivity index (χ2v) is 4.52. The van der Waals surface area contributed by atoms with Crippen molar-refractivity contribution < 1.29 is 13.2 Å². The van der Waals surface area contributed by atoms with E-state index < -0.39 is 12.7 Å². The Morgan fingerprint density at radius 2 is 1.94 bits per heavy atom. The molecule has 0 saturated carbocycles. The van der Waals surface area contributed by atoms with Gasteiger partial charge < -0.3 is 5.73 Å². The Morgan fingerprint density at radius 1 is 1.19 bits per heavy atom. The number of likely N-dealkylation sites (tertiary alicyclic amines) is 1. The number of hydrogen-bond donors (Lipinski definition) is 1. The van der Waals surface area contributed by atoms with E-state index in [9.17, 15) is 13.2 Å². The summed E-state index contributed by atoms with van der Waals surface area (Å²) in [5.74, 6) is 0. The Balaban J connectivity index is 2.51. The summed E-state index contributed by atoms with van der Waals surface area (Å²) in [6.45, 7) is 0.382. The summed E-state index contributed by atoms with van der Waals surface area (Å²) >= 11 is 0. The van der Waals surface area contributed by atoms with Gasteiger partial charge in [0.2, 0.25) is 0 Å². The van der Waals surface area contributed by atoms with E-state index in [4.69, 9.17) is 5.73 Å². The van der Waals surface area contributed by atoms with E-state index in [-0.39, 0.29) is 6.04 Å². The number of halogens is 3. The smallest absolute Gasteiger partial charge is 0.330 e. The van der Waals surface area contributed by atoms with Crippen molar-refractivity contribution in [3.63, 3.8) is 0 Å². The highest BCUT2D eigenvalue weighted by molar-refractivity contribution is 4.77. The van der Waals surface area contributed by atoms with E-state index >= 15 is 0 Å². The van der Waals surface area contributed by atoms with Gasteiger partial charge in [-0.25, -0.2) is 0 Å². The van der Waals surface area contributed by atoms with Gasteiger partial charge in [-0.2, -0.15) is 13.2 Å². The third-order valence-electron chi connectivity index (χ3n) is 3.12. The minimum atomic E-state index is -4.08. The van der Waals surface area contributed by atoms with Gasteiger partial charge in [-0.1, -0.05) is 12.8 Å². The highest BCUT2D eigenvalue weighted by Gasteiger charge is 2.33. The van der Waals surface area contributed by atoms with Gasteiger partial charge in [-0.05, 0) is 38.8 Å². The van der Waals surface area contributed by atoms with Crippen LogP contribution in [-0.2, 0) is 0 Å². The first-order valence-electron chi connectivity index (χ1n) is 6.04. The summed E-state index contributed by atoms with van der Waals surface area (Å²) < 4.78 is 37.2. The van der Waals surface area contributed by atoms with Crippen molar-refractivity contribution in [3.8, 4) is 0 Å². The summed E-state index contributed by atoms with van der Waals surface area (Å²) in [6.07, 6.45) is 1.40. The molecule has 0 aliphatic carbocycles. The van der Waals surface area contributed by atoms with E-state index in [1.54, 1.807) is 4.90 Å². The molecule has 0 amide bonds. The molecular weight excluding hydrogens is 217 g/mol. The molecule has 0 bridgehead atoms. The fourth-order valence-electron chi connectivity index (χ4n) is 2.36. The summed E-state index contributed by atoms with van der Waals surface area (Å²) in [5.41, 5.74) is 5.42. The Kier molecular flexibility index (Phi) is 5.55. The SMILES string of the molecule is NCCCC1CCCCCN1CC(F)(F)F. The van der Waals surface area contributed by atoms with Crippen molar-refractivity contribution in [1.82, 2.24) is 4.90 Å². The van der Waals surface area contributed by atoms with Crippen LogP contribution in [0, 0.1) is 0 Å². The first kappa shape index (κ1) is 13.8. The fraction of sp³-hybridized carbons (Fsp3) is 1.00. The molecule has 96 valence electrons. The predicted octanol–water partition coefficient (Wildman–Crippen LogP) is 2.53. The van der Waals surface area contributed by atoms with Crippen LogP contribution in [-0.4, -0.2) is 36.8 Å². The maximum atomic E-state index is 12.4. The molecule has 0 spiro atoms. The highest BCUT2D eigenvalue weighted by Crippen LogP contribution is 2.25. The first-order valence-corrected chi connectivity index (χ1v) is 6.04. The second kappa shape index (κ2) is 6.45. The van der Waals surface area contributed by atoms with Crippen LogP contribution < -0.4 is 5.73 Å². The van der Waals surface area contributed by atoms with Gasteiger partial charge >= 0.3 is 6.18 Å². The van der Waals surface area contributed by atoms with Gasteiger partial charge in [0, 0.05) is 6.04 Å². The van der Waals surface area contributed by atoms with Gasteiger partial charge in [0.05, 0.1) is 6.54 Å². The molecule has 1 aliphatic rings. The van der Waals surface area contributed by atoms with Crippen LogP contribution in [0.25, 0.3) is 0 Å². The number of nitrogens with two attached hydrogens (primary N) is 1. The van der Waals surface area contributed by atoms with Crippen LogP contribution >= 0.6 is 0 Å². The molecule has 1 heterocycles. The maximum Gasteiger partial charge on any atom is 0.401 e. The van der Waals surface area contributed by atoms with Crippen LogP contribution in [0.15, 0.2) is 0 Å². The van der Waals surface area contributed by atoms with Crippen LogP contribution in [0.2, 0.25) is 0 Å². The van der Waals surface area contributed by atoms with Gasteiger partial charge in [0.15, 0.2) is 0 Å². The fourth-order valence-corrected chi connectivity index (χ4v) is 2.36. The highest BCUT2D eigenvalue weighted by atomic mass is 19.4. The topological polar surface area (TPSA) is 29.3 Å². The lowest BCUT2D eigenvalue weighted by Gasteiger charge is -2.30. The summed E-state index contributed by atoms with van der Waals surface area (Å²) in [6, 6.07) is 0.0766. The van der Waals surface area contributed by atoms with Crippen molar-refractivity contribution in [2.45, 2.75) is 50.7 Å². The summed E-state index contributed by atoms with van der Waals surface area (Å²) in [7, 11) is 0. The molecule has 1 unspecified atom stereocenters.